The summed E-state index contributed by atoms with van der Waals surface area (Å²) in [7, 11) is 0. The molecule has 1 unspecified atom stereocenters. The van der Waals surface area contributed by atoms with Gasteiger partial charge in [0.15, 0.2) is 10.8 Å². The number of carboxylic acids is 1. The molecule has 1 amide bonds. The second-order valence-corrected chi connectivity index (χ2v) is 9.78. The molecule has 1 saturated carbocycles. The van der Waals surface area contributed by atoms with E-state index in [1.165, 1.54) is 34.6 Å². The number of hydrogen-bond acceptors (Lipinski definition) is 4. The van der Waals surface area contributed by atoms with Gasteiger partial charge >= 0.3 is 5.97 Å². The SMILES string of the molecule is O=C(O)c1csc(NC(=O)C(CC2CCCC2)c2ccc(-c3cccc4ccccc34)cc2)n1. The molecule has 5 rings (SSSR count). The number of aromatic nitrogens is 1. The zero-order valence-corrected chi connectivity index (χ0v) is 19.6. The van der Waals surface area contributed by atoms with Crippen molar-refractivity contribution in [2.24, 2.45) is 5.92 Å². The van der Waals surface area contributed by atoms with Crippen molar-refractivity contribution < 1.29 is 14.7 Å². The first kappa shape index (κ1) is 22.3. The first-order valence-electron chi connectivity index (χ1n) is 11.7. The average Bonchev–Trinajstić information content (AvgIpc) is 3.55. The largest absolute Gasteiger partial charge is 0.476 e. The molecule has 4 aromatic rings. The molecular formula is C28H26N2O3S. The van der Waals surface area contributed by atoms with Gasteiger partial charge in [0.2, 0.25) is 5.91 Å². The van der Waals surface area contributed by atoms with Gasteiger partial charge in [-0.15, -0.1) is 11.3 Å². The lowest BCUT2D eigenvalue weighted by atomic mass is 9.86. The maximum Gasteiger partial charge on any atom is 0.355 e. The van der Waals surface area contributed by atoms with Crippen LogP contribution in [0.15, 0.2) is 72.1 Å². The summed E-state index contributed by atoms with van der Waals surface area (Å²) < 4.78 is 0. The molecule has 1 fully saturated rings. The molecule has 1 atom stereocenters. The second kappa shape index (κ2) is 9.77. The van der Waals surface area contributed by atoms with Crippen LogP contribution in [0.3, 0.4) is 0 Å². The number of nitrogens with zero attached hydrogens (tertiary/aromatic N) is 1. The molecule has 34 heavy (non-hydrogen) atoms. The quantitative estimate of drug-likeness (QED) is 0.306. The fourth-order valence-corrected chi connectivity index (χ4v) is 5.66. The van der Waals surface area contributed by atoms with Crippen molar-refractivity contribution in [3.05, 3.63) is 83.4 Å². The van der Waals surface area contributed by atoms with E-state index >= 15 is 0 Å². The van der Waals surface area contributed by atoms with Crippen LogP contribution in [0.5, 0.6) is 0 Å². The monoisotopic (exact) mass is 470 g/mol. The van der Waals surface area contributed by atoms with Crippen molar-refractivity contribution in [2.45, 2.75) is 38.0 Å². The summed E-state index contributed by atoms with van der Waals surface area (Å²) in [6.45, 7) is 0. The number of carbonyl (C=O) groups excluding carboxylic acids is 1. The molecule has 0 radical (unpaired) electrons. The lowest BCUT2D eigenvalue weighted by molar-refractivity contribution is -0.118. The zero-order chi connectivity index (χ0) is 23.5. The molecule has 6 heteroatoms. The maximum absolute atomic E-state index is 13.3. The highest BCUT2D eigenvalue weighted by molar-refractivity contribution is 7.14. The number of aromatic carboxylic acids is 1. The smallest absolute Gasteiger partial charge is 0.355 e. The normalized spacial score (nSPS) is 14.8. The highest BCUT2D eigenvalue weighted by Crippen LogP contribution is 2.36. The molecule has 1 heterocycles. The van der Waals surface area contributed by atoms with Gasteiger partial charge in [-0.1, -0.05) is 92.4 Å². The molecule has 3 aromatic carbocycles. The topological polar surface area (TPSA) is 79.3 Å². The number of rotatable bonds is 7. The Labute approximate surface area is 202 Å². The maximum atomic E-state index is 13.3. The van der Waals surface area contributed by atoms with Gasteiger partial charge in [-0.2, -0.15) is 0 Å². The molecule has 1 aromatic heterocycles. The number of carboxylic acid groups (broad SMARTS) is 1. The van der Waals surface area contributed by atoms with Crippen LogP contribution in [0, 0.1) is 5.92 Å². The summed E-state index contributed by atoms with van der Waals surface area (Å²) in [5.74, 6) is -0.999. The van der Waals surface area contributed by atoms with Gasteiger partial charge in [-0.3, -0.25) is 4.79 Å². The number of amides is 1. The number of anilines is 1. The molecule has 0 spiro atoms. The van der Waals surface area contributed by atoms with Crippen LogP contribution in [0.1, 0.15) is 54.1 Å². The van der Waals surface area contributed by atoms with Gasteiger partial charge in [-0.25, -0.2) is 9.78 Å². The Hall–Kier alpha value is -3.51. The van der Waals surface area contributed by atoms with Gasteiger partial charge in [0, 0.05) is 5.38 Å². The molecular weight excluding hydrogens is 444 g/mol. The average molecular weight is 471 g/mol. The van der Waals surface area contributed by atoms with Crippen molar-refractivity contribution in [1.82, 2.24) is 4.98 Å². The minimum atomic E-state index is -1.09. The van der Waals surface area contributed by atoms with E-state index in [1.807, 2.05) is 6.07 Å². The molecule has 0 aliphatic heterocycles. The van der Waals surface area contributed by atoms with Gasteiger partial charge in [0.25, 0.3) is 0 Å². The Kier molecular flexibility index (Phi) is 6.41. The fraction of sp³-hybridized carbons (Fsp3) is 0.250. The van der Waals surface area contributed by atoms with E-state index < -0.39 is 5.97 Å². The summed E-state index contributed by atoms with van der Waals surface area (Å²) in [5.41, 5.74) is 3.22. The van der Waals surface area contributed by atoms with Crippen molar-refractivity contribution in [1.29, 1.82) is 0 Å². The van der Waals surface area contributed by atoms with E-state index in [2.05, 4.69) is 71.0 Å². The van der Waals surface area contributed by atoms with Gasteiger partial charge in [-0.05, 0) is 39.8 Å². The molecule has 2 N–H and O–H groups in total. The Bertz CT molecular complexity index is 1320. The van der Waals surface area contributed by atoms with E-state index in [9.17, 15) is 9.59 Å². The van der Waals surface area contributed by atoms with Crippen LogP contribution >= 0.6 is 11.3 Å². The lowest BCUT2D eigenvalue weighted by Crippen LogP contribution is -2.23. The zero-order valence-electron chi connectivity index (χ0n) is 18.7. The van der Waals surface area contributed by atoms with E-state index in [0.717, 1.165) is 41.7 Å². The summed E-state index contributed by atoms with van der Waals surface area (Å²) >= 11 is 1.14. The molecule has 172 valence electrons. The van der Waals surface area contributed by atoms with Gasteiger partial charge < -0.3 is 10.4 Å². The molecule has 0 bridgehead atoms. The van der Waals surface area contributed by atoms with Crippen LogP contribution in [-0.4, -0.2) is 22.0 Å². The number of fused-ring (bicyclic) bond motifs is 1. The summed E-state index contributed by atoms with van der Waals surface area (Å²) in [6, 6.07) is 23.0. The van der Waals surface area contributed by atoms with Crippen molar-refractivity contribution in [3.8, 4) is 11.1 Å². The van der Waals surface area contributed by atoms with E-state index in [-0.39, 0.29) is 17.5 Å². The van der Waals surface area contributed by atoms with Crippen LogP contribution in [0.4, 0.5) is 5.13 Å². The number of carbonyl (C=O) groups is 2. The highest BCUT2D eigenvalue weighted by atomic mass is 32.1. The third-order valence-electron chi connectivity index (χ3n) is 6.73. The van der Waals surface area contributed by atoms with E-state index in [4.69, 9.17) is 5.11 Å². The minimum absolute atomic E-state index is 0.0490. The Balaban J connectivity index is 1.42. The highest BCUT2D eigenvalue weighted by Gasteiger charge is 2.27. The predicted octanol–water partition coefficient (Wildman–Crippen LogP) is 6.96. The Morgan fingerprint density at radius 1 is 1.00 bits per heavy atom. The first-order valence-corrected chi connectivity index (χ1v) is 12.5. The Morgan fingerprint density at radius 2 is 1.74 bits per heavy atom. The summed E-state index contributed by atoms with van der Waals surface area (Å²) in [4.78, 5) is 28.5. The predicted molar refractivity (Wildman–Crippen MR) is 136 cm³/mol. The van der Waals surface area contributed by atoms with Gasteiger partial charge in [0.05, 0.1) is 5.92 Å². The van der Waals surface area contributed by atoms with E-state index in [1.54, 1.807) is 0 Å². The first-order chi connectivity index (χ1) is 16.6. The van der Waals surface area contributed by atoms with Crippen LogP contribution in [0.2, 0.25) is 0 Å². The van der Waals surface area contributed by atoms with Crippen molar-refractivity contribution in [2.75, 3.05) is 5.32 Å². The van der Waals surface area contributed by atoms with Crippen LogP contribution in [-0.2, 0) is 4.79 Å². The Morgan fingerprint density at radius 3 is 2.47 bits per heavy atom. The summed E-state index contributed by atoms with van der Waals surface area (Å²) in [5, 5.41) is 16.2. The van der Waals surface area contributed by atoms with Crippen molar-refractivity contribution in [3.63, 3.8) is 0 Å². The third-order valence-corrected chi connectivity index (χ3v) is 7.49. The second-order valence-electron chi connectivity index (χ2n) is 8.92. The number of nitrogens with one attached hydrogen (secondary N) is 1. The minimum Gasteiger partial charge on any atom is -0.476 e. The van der Waals surface area contributed by atoms with Crippen LogP contribution in [0.25, 0.3) is 21.9 Å². The number of thiazole rings is 1. The van der Waals surface area contributed by atoms with Crippen LogP contribution < -0.4 is 5.32 Å². The molecule has 1 aliphatic carbocycles. The lowest BCUT2D eigenvalue weighted by Gasteiger charge is -2.20. The van der Waals surface area contributed by atoms with Gasteiger partial charge in [0.1, 0.15) is 0 Å². The molecule has 1 aliphatic rings. The van der Waals surface area contributed by atoms with E-state index in [0.29, 0.717) is 11.0 Å². The molecule has 5 nitrogen and oxygen atoms in total. The number of hydrogen-bond donors (Lipinski definition) is 2. The standard InChI is InChI=1S/C28H26N2O3S/c31-26(30-28-29-25(17-34-28)27(32)33)24(16-18-6-1-2-7-18)21-14-12-20(13-15-21)23-11-5-9-19-8-3-4-10-22(19)23/h3-5,8-15,17-18,24H,1-2,6-7,16H2,(H,32,33)(H,29,30,31). The van der Waals surface area contributed by atoms with Crippen molar-refractivity contribution >= 4 is 39.1 Å². The number of benzene rings is 3. The fourth-order valence-electron chi connectivity index (χ4n) is 4.97. The molecule has 0 saturated heterocycles. The third kappa shape index (κ3) is 4.73. The summed E-state index contributed by atoms with van der Waals surface area (Å²) in [6.07, 6.45) is 5.52.